The maximum atomic E-state index is 14.5. The molecule has 1 aromatic carbocycles. The first-order chi connectivity index (χ1) is 12.5. The minimum Gasteiger partial charge on any atom is -0.460 e. The van der Waals surface area contributed by atoms with Crippen molar-refractivity contribution < 1.29 is 23.5 Å². The summed E-state index contributed by atoms with van der Waals surface area (Å²) in [5.41, 5.74) is -0.114. The Hall–Kier alpha value is -1.77. The second-order valence-electron chi connectivity index (χ2n) is 6.07. The standard InChI is InChI=1S/C17H18ClFN2O4S/c1-24-6-7-25-16(23)10-8-14(12(19)9-11(10)18)21-15(22)13-4-2-3-5-20(13)17(21)26/h8-9,13H,2-7H2,1H3. The van der Waals surface area contributed by atoms with Crippen molar-refractivity contribution in [2.24, 2.45) is 0 Å². The van der Waals surface area contributed by atoms with Crippen LogP contribution in [0.25, 0.3) is 0 Å². The number of hydrogen-bond acceptors (Lipinski definition) is 5. The van der Waals surface area contributed by atoms with Crippen molar-refractivity contribution in [1.29, 1.82) is 0 Å². The zero-order valence-corrected chi connectivity index (χ0v) is 15.7. The summed E-state index contributed by atoms with van der Waals surface area (Å²) in [7, 11) is 1.48. The third-order valence-corrected chi connectivity index (χ3v) is 5.19. The molecule has 2 heterocycles. The van der Waals surface area contributed by atoms with Gasteiger partial charge in [-0.2, -0.15) is 0 Å². The molecule has 6 nitrogen and oxygen atoms in total. The number of nitrogens with zero attached hydrogens (tertiary/aromatic N) is 2. The van der Waals surface area contributed by atoms with Crippen LogP contribution in [0.5, 0.6) is 0 Å². The van der Waals surface area contributed by atoms with Gasteiger partial charge in [0.2, 0.25) is 0 Å². The Kier molecular flexibility index (Phi) is 5.74. The predicted octanol–water partition coefficient (Wildman–Crippen LogP) is 2.77. The lowest BCUT2D eigenvalue weighted by Gasteiger charge is -2.27. The molecule has 3 rings (SSSR count). The van der Waals surface area contributed by atoms with Crippen LogP contribution in [0.2, 0.25) is 5.02 Å². The van der Waals surface area contributed by atoms with Crippen molar-refractivity contribution in [3.8, 4) is 0 Å². The highest BCUT2D eigenvalue weighted by Gasteiger charge is 2.45. The average molecular weight is 401 g/mol. The molecule has 2 aliphatic rings. The lowest BCUT2D eigenvalue weighted by molar-refractivity contribution is -0.120. The molecule has 1 amide bonds. The van der Waals surface area contributed by atoms with Gasteiger partial charge in [0.25, 0.3) is 5.91 Å². The summed E-state index contributed by atoms with van der Waals surface area (Å²) in [6.07, 6.45) is 2.53. The van der Waals surface area contributed by atoms with Gasteiger partial charge in [-0.1, -0.05) is 11.6 Å². The fourth-order valence-electron chi connectivity index (χ4n) is 3.17. The number of amides is 1. The molecule has 0 radical (unpaired) electrons. The number of piperidine rings is 1. The number of carbonyl (C=O) groups is 2. The van der Waals surface area contributed by atoms with E-state index in [9.17, 15) is 14.0 Å². The number of methoxy groups -OCH3 is 1. The van der Waals surface area contributed by atoms with Crippen molar-refractivity contribution in [1.82, 2.24) is 4.90 Å². The number of hydrogen-bond donors (Lipinski definition) is 0. The van der Waals surface area contributed by atoms with E-state index in [1.165, 1.54) is 13.2 Å². The lowest BCUT2D eigenvalue weighted by Crippen LogP contribution is -2.38. The summed E-state index contributed by atoms with van der Waals surface area (Å²) in [6.45, 7) is 0.922. The van der Waals surface area contributed by atoms with E-state index in [0.29, 0.717) is 13.0 Å². The number of anilines is 1. The van der Waals surface area contributed by atoms with E-state index in [-0.39, 0.29) is 46.5 Å². The predicted molar refractivity (Wildman–Crippen MR) is 98.0 cm³/mol. The van der Waals surface area contributed by atoms with Gasteiger partial charge in [-0.15, -0.1) is 0 Å². The van der Waals surface area contributed by atoms with E-state index in [2.05, 4.69) is 0 Å². The van der Waals surface area contributed by atoms with Crippen LogP contribution in [-0.2, 0) is 14.3 Å². The maximum absolute atomic E-state index is 14.5. The Morgan fingerprint density at radius 1 is 1.38 bits per heavy atom. The Labute approximate surface area is 160 Å². The van der Waals surface area contributed by atoms with Crippen LogP contribution in [-0.4, -0.2) is 54.8 Å². The summed E-state index contributed by atoms with van der Waals surface area (Å²) in [5, 5.41) is 0.156. The molecule has 0 saturated carbocycles. The molecule has 26 heavy (non-hydrogen) atoms. The van der Waals surface area contributed by atoms with Crippen molar-refractivity contribution >= 4 is 46.5 Å². The van der Waals surface area contributed by atoms with Gasteiger partial charge < -0.3 is 14.4 Å². The molecule has 2 aliphatic heterocycles. The molecule has 2 fully saturated rings. The molecule has 0 aliphatic carbocycles. The van der Waals surface area contributed by atoms with Crippen LogP contribution >= 0.6 is 23.8 Å². The normalized spacial score (nSPS) is 19.7. The van der Waals surface area contributed by atoms with Crippen molar-refractivity contribution in [2.45, 2.75) is 25.3 Å². The Balaban J connectivity index is 1.92. The first kappa shape index (κ1) is 19.0. The second-order valence-corrected chi connectivity index (χ2v) is 6.85. The second kappa shape index (κ2) is 7.85. The molecule has 2 saturated heterocycles. The van der Waals surface area contributed by atoms with Gasteiger partial charge in [-0.05, 0) is 43.6 Å². The number of esters is 1. The van der Waals surface area contributed by atoms with E-state index in [0.717, 1.165) is 23.8 Å². The van der Waals surface area contributed by atoms with E-state index in [1.807, 2.05) is 4.90 Å². The van der Waals surface area contributed by atoms with Crippen molar-refractivity contribution in [2.75, 3.05) is 31.8 Å². The van der Waals surface area contributed by atoms with E-state index in [1.54, 1.807) is 0 Å². The van der Waals surface area contributed by atoms with Gasteiger partial charge in [0.15, 0.2) is 5.11 Å². The van der Waals surface area contributed by atoms with Crippen molar-refractivity contribution in [3.05, 3.63) is 28.5 Å². The zero-order valence-electron chi connectivity index (χ0n) is 14.2. The van der Waals surface area contributed by atoms with Gasteiger partial charge in [0, 0.05) is 13.7 Å². The fourth-order valence-corrected chi connectivity index (χ4v) is 3.81. The van der Waals surface area contributed by atoms with Crippen LogP contribution in [0.15, 0.2) is 12.1 Å². The van der Waals surface area contributed by atoms with E-state index < -0.39 is 11.8 Å². The molecule has 1 unspecified atom stereocenters. The molecular formula is C17H18ClFN2O4S. The molecule has 1 aromatic rings. The summed E-state index contributed by atoms with van der Waals surface area (Å²) < 4.78 is 24.4. The first-order valence-electron chi connectivity index (χ1n) is 8.25. The summed E-state index contributed by atoms with van der Waals surface area (Å²) in [6, 6.07) is 1.84. The number of thiocarbonyl (C=S) groups is 1. The monoisotopic (exact) mass is 400 g/mol. The highest BCUT2D eigenvalue weighted by Crippen LogP contribution is 2.34. The first-order valence-corrected chi connectivity index (χ1v) is 9.04. The molecule has 0 spiro atoms. The minimum absolute atomic E-state index is 0.0281. The third kappa shape index (κ3) is 3.41. The molecule has 9 heteroatoms. The van der Waals surface area contributed by atoms with Crippen LogP contribution < -0.4 is 4.90 Å². The number of fused-ring (bicyclic) bond motifs is 1. The third-order valence-electron chi connectivity index (χ3n) is 4.46. The van der Waals surface area contributed by atoms with Gasteiger partial charge in [-0.3, -0.25) is 9.69 Å². The van der Waals surface area contributed by atoms with Gasteiger partial charge >= 0.3 is 5.97 Å². The summed E-state index contributed by atoms with van der Waals surface area (Å²) in [5.74, 6) is -1.72. The van der Waals surface area contributed by atoms with Gasteiger partial charge in [0.1, 0.15) is 18.5 Å². The maximum Gasteiger partial charge on any atom is 0.339 e. The van der Waals surface area contributed by atoms with Gasteiger partial charge in [-0.25, -0.2) is 9.18 Å². The smallest absolute Gasteiger partial charge is 0.339 e. The fraction of sp³-hybridized carbons (Fsp3) is 0.471. The van der Waals surface area contributed by atoms with Crippen LogP contribution in [0.1, 0.15) is 29.6 Å². The largest absolute Gasteiger partial charge is 0.460 e. The minimum atomic E-state index is -0.723. The highest BCUT2D eigenvalue weighted by atomic mass is 35.5. The average Bonchev–Trinajstić information content (AvgIpc) is 2.87. The Morgan fingerprint density at radius 2 is 2.15 bits per heavy atom. The molecular weight excluding hydrogens is 383 g/mol. The number of benzene rings is 1. The Bertz CT molecular complexity index is 737. The lowest BCUT2D eigenvalue weighted by atomic mass is 10.0. The zero-order chi connectivity index (χ0) is 18.8. The van der Waals surface area contributed by atoms with E-state index in [4.69, 9.17) is 33.3 Å². The number of ether oxygens (including phenoxy) is 2. The molecule has 0 aromatic heterocycles. The van der Waals surface area contributed by atoms with Crippen LogP contribution in [0.3, 0.4) is 0 Å². The molecule has 140 valence electrons. The quantitative estimate of drug-likeness (QED) is 0.430. The topological polar surface area (TPSA) is 59.1 Å². The van der Waals surface area contributed by atoms with E-state index >= 15 is 0 Å². The SMILES string of the molecule is COCCOC(=O)c1cc(N2C(=O)C3CCCCN3C2=S)c(F)cc1Cl. The Morgan fingerprint density at radius 3 is 2.85 bits per heavy atom. The summed E-state index contributed by atoms with van der Waals surface area (Å²) in [4.78, 5) is 27.9. The molecule has 1 atom stereocenters. The van der Waals surface area contributed by atoms with Crippen LogP contribution in [0, 0.1) is 5.82 Å². The van der Waals surface area contributed by atoms with Crippen LogP contribution in [0.4, 0.5) is 10.1 Å². The summed E-state index contributed by atoms with van der Waals surface area (Å²) >= 11 is 11.4. The number of halogens is 2. The highest BCUT2D eigenvalue weighted by molar-refractivity contribution is 7.80. The number of rotatable bonds is 5. The van der Waals surface area contributed by atoms with Crippen molar-refractivity contribution in [3.63, 3.8) is 0 Å². The molecule has 0 bridgehead atoms. The molecule has 0 N–H and O–H groups in total. The number of carbonyl (C=O) groups excluding carboxylic acids is 2. The van der Waals surface area contributed by atoms with Gasteiger partial charge in [0.05, 0.1) is 22.9 Å².